The van der Waals surface area contributed by atoms with E-state index in [1.807, 2.05) is 0 Å². The first-order valence-corrected chi connectivity index (χ1v) is 10.4. The zero-order chi connectivity index (χ0) is 21.9. The summed E-state index contributed by atoms with van der Waals surface area (Å²) in [5.74, 6) is -5.10. The Morgan fingerprint density at radius 3 is 2.81 bits per heavy atom. The van der Waals surface area contributed by atoms with E-state index < -0.39 is 52.9 Å². The number of nitrogens with zero attached hydrogens (tertiary/aromatic N) is 1. The quantitative estimate of drug-likeness (QED) is 0.583. The molecule has 0 radical (unpaired) electrons. The molecular weight excluding hydrogens is 409 g/mol. The van der Waals surface area contributed by atoms with Crippen molar-refractivity contribution in [2.45, 2.75) is 43.4 Å². The second-order valence-electron chi connectivity index (χ2n) is 8.56. The van der Waals surface area contributed by atoms with E-state index in [0.29, 0.717) is 12.3 Å². The third-order valence-electron chi connectivity index (χ3n) is 6.85. The fourth-order valence-electron chi connectivity index (χ4n) is 5.53. The zero-order valence-corrected chi connectivity index (χ0v) is 16.6. The largest absolute Gasteiger partial charge is 0.481 e. The van der Waals surface area contributed by atoms with Crippen molar-refractivity contribution in [1.29, 1.82) is 0 Å². The number of carbonyl (C=O) groups is 4. The summed E-state index contributed by atoms with van der Waals surface area (Å²) in [5.41, 5.74) is -0.983. The molecular formula is C21H22FN3O6. The highest BCUT2D eigenvalue weighted by molar-refractivity contribution is 6.15. The molecule has 4 aliphatic rings. The molecule has 3 saturated heterocycles. The van der Waals surface area contributed by atoms with E-state index in [0.717, 1.165) is 17.7 Å². The number of hydrogen-bond acceptors (Lipinski definition) is 6. The molecule has 3 N–H and O–H groups in total. The maximum absolute atomic E-state index is 14.1. The number of halogens is 1. The summed E-state index contributed by atoms with van der Waals surface area (Å²) in [5, 5.41) is 14.9. The Morgan fingerprint density at radius 1 is 1.29 bits per heavy atom. The van der Waals surface area contributed by atoms with Crippen molar-refractivity contribution < 1.29 is 33.4 Å². The highest BCUT2D eigenvalue weighted by Gasteiger charge is 2.70. The van der Waals surface area contributed by atoms with E-state index in [4.69, 9.17) is 9.84 Å². The van der Waals surface area contributed by atoms with Gasteiger partial charge in [-0.15, -0.1) is 0 Å². The van der Waals surface area contributed by atoms with Crippen LogP contribution >= 0.6 is 0 Å². The lowest BCUT2D eigenvalue weighted by Crippen LogP contribution is -2.53. The maximum Gasteiger partial charge on any atom is 0.303 e. The van der Waals surface area contributed by atoms with Gasteiger partial charge in [-0.1, -0.05) is 0 Å². The van der Waals surface area contributed by atoms with Crippen LogP contribution in [0.3, 0.4) is 0 Å². The minimum atomic E-state index is -1.62. The van der Waals surface area contributed by atoms with Crippen molar-refractivity contribution in [2.75, 3.05) is 18.5 Å². The van der Waals surface area contributed by atoms with Crippen LogP contribution in [-0.4, -0.2) is 59.0 Å². The van der Waals surface area contributed by atoms with Crippen molar-refractivity contribution in [1.82, 2.24) is 10.2 Å². The number of carbonyl (C=O) groups excluding carboxylic acids is 3. The Bertz CT molecular complexity index is 993. The van der Waals surface area contributed by atoms with Gasteiger partial charge in [-0.25, -0.2) is 4.39 Å². The lowest BCUT2D eigenvalue weighted by Gasteiger charge is -2.30. The first-order chi connectivity index (χ1) is 14.8. The maximum atomic E-state index is 14.1. The van der Waals surface area contributed by atoms with E-state index in [9.17, 15) is 23.6 Å². The number of amides is 3. The summed E-state index contributed by atoms with van der Waals surface area (Å²) >= 11 is 0. The monoisotopic (exact) mass is 431 g/mol. The number of imide groups is 1. The summed E-state index contributed by atoms with van der Waals surface area (Å²) in [6.45, 7) is 0.666. The van der Waals surface area contributed by atoms with Crippen molar-refractivity contribution in [3.8, 4) is 0 Å². The lowest BCUT2D eigenvalue weighted by atomic mass is 9.76. The molecule has 1 aromatic rings. The zero-order valence-electron chi connectivity index (χ0n) is 16.6. The third kappa shape index (κ3) is 2.89. The third-order valence-corrected chi connectivity index (χ3v) is 6.85. The number of carboxylic acids is 1. The molecule has 5 atom stereocenters. The Kier molecular flexibility index (Phi) is 4.60. The van der Waals surface area contributed by atoms with Gasteiger partial charge in [-0.05, 0) is 37.5 Å². The number of ether oxygens (including phenoxy) is 1. The van der Waals surface area contributed by atoms with Crippen LogP contribution in [0.2, 0.25) is 0 Å². The van der Waals surface area contributed by atoms with Crippen molar-refractivity contribution >= 4 is 29.4 Å². The van der Waals surface area contributed by atoms with Crippen molar-refractivity contribution in [2.24, 2.45) is 11.8 Å². The number of anilines is 1. The summed E-state index contributed by atoms with van der Waals surface area (Å²) in [7, 11) is 0. The van der Waals surface area contributed by atoms with Gasteiger partial charge < -0.3 is 15.2 Å². The summed E-state index contributed by atoms with van der Waals surface area (Å²) < 4.78 is 19.7. The van der Waals surface area contributed by atoms with Gasteiger partial charge >= 0.3 is 5.97 Å². The van der Waals surface area contributed by atoms with E-state index in [1.165, 1.54) is 18.2 Å². The van der Waals surface area contributed by atoms with Gasteiger partial charge in [0.25, 0.3) is 0 Å². The molecule has 31 heavy (non-hydrogen) atoms. The van der Waals surface area contributed by atoms with Crippen LogP contribution in [0.15, 0.2) is 18.2 Å². The Balaban J connectivity index is 1.57. The Morgan fingerprint density at radius 2 is 2.10 bits per heavy atom. The average Bonchev–Trinajstić information content (AvgIpc) is 3.46. The number of likely N-dealkylation sites (tertiary alicyclic amines) is 1. The number of aliphatic carboxylic acids is 1. The molecule has 0 bridgehead atoms. The topological polar surface area (TPSA) is 125 Å². The smallest absolute Gasteiger partial charge is 0.303 e. The molecule has 3 fully saturated rings. The van der Waals surface area contributed by atoms with Crippen LogP contribution in [0, 0.1) is 17.7 Å². The predicted octanol–water partition coefficient (Wildman–Crippen LogP) is 0.590. The fraction of sp³-hybridized carbons (Fsp3) is 0.524. The molecule has 164 valence electrons. The van der Waals surface area contributed by atoms with Crippen LogP contribution in [0.5, 0.6) is 0 Å². The number of fused-ring (bicyclic) bond motifs is 4. The Labute approximate surface area is 176 Å². The van der Waals surface area contributed by atoms with Gasteiger partial charge in [0.1, 0.15) is 11.4 Å². The lowest BCUT2D eigenvalue weighted by molar-refractivity contribution is -0.144. The fourth-order valence-corrected chi connectivity index (χ4v) is 5.53. The minimum Gasteiger partial charge on any atom is -0.481 e. The number of nitrogens with one attached hydrogen (secondary N) is 2. The van der Waals surface area contributed by atoms with E-state index >= 15 is 0 Å². The summed E-state index contributed by atoms with van der Waals surface area (Å²) in [6.07, 6.45) is 1.14. The van der Waals surface area contributed by atoms with Gasteiger partial charge in [0.15, 0.2) is 0 Å². The van der Waals surface area contributed by atoms with Crippen molar-refractivity contribution in [3.63, 3.8) is 0 Å². The standard InChI is InChI=1S/C21H22FN3O6/c22-10-3-4-13-12(8-10)21(20(30)23-13)17-16(14(24-21)5-6-15(26)27)18(28)25(19(17)29)9-11-2-1-7-31-11/h3-4,8,11,14,16-17,24H,1-2,5-7,9H2,(H,23,30)(H,26,27). The summed E-state index contributed by atoms with van der Waals surface area (Å²) in [4.78, 5) is 52.3. The molecule has 4 heterocycles. The van der Waals surface area contributed by atoms with Crippen molar-refractivity contribution in [3.05, 3.63) is 29.6 Å². The SMILES string of the molecule is O=C(O)CCC1NC2(C(=O)Nc3ccc(F)cc32)C2C(=O)N(CC3CCCO3)C(=O)C12. The van der Waals surface area contributed by atoms with Gasteiger partial charge in [0.05, 0.1) is 24.5 Å². The molecule has 9 nitrogen and oxygen atoms in total. The Hall–Kier alpha value is -2.85. The first-order valence-electron chi connectivity index (χ1n) is 10.4. The van der Waals surface area contributed by atoms with Crippen LogP contribution in [0.1, 0.15) is 31.2 Å². The van der Waals surface area contributed by atoms with Crippen LogP contribution in [0.25, 0.3) is 0 Å². The van der Waals surface area contributed by atoms with Gasteiger partial charge in [0.2, 0.25) is 17.7 Å². The number of benzene rings is 1. The molecule has 10 heteroatoms. The predicted molar refractivity (Wildman–Crippen MR) is 103 cm³/mol. The normalized spacial score (nSPS) is 33.8. The number of carboxylic acid groups (broad SMARTS) is 1. The highest BCUT2D eigenvalue weighted by Crippen LogP contribution is 2.53. The molecule has 4 aliphatic heterocycles. The van der Waals surface area contributed by atoms with Gasteiger partial charge in [0, 0.05) is 30.3 Å². The number of hydrogen-bond donors (Lipinski definition) is 3. The van der Waals surface area contributed by atoms with Crippen LogP contribution < -0.4 is 10.6 Å². The molecule has 3 amide bonds. The van der Waals surface area contributed by atoms with Gasteiger partial charge in [-0.3, -0.25) is 29.4 Å². The number of rotatable bonds is 5. The second-order valence-corrected chi connectivity index (χ2v) is 8.56. The van der Waals surface area contributed by atoms with Crippen LogP contribution in [0.4, 0.5) is 10.1 Å². The molecule has 1 aromatic carbocycles. The van der Waals surface area contributed by atoms with E-state index in [1.54, 1.807) is 0 Å². The molecule has 5 rings (SSSR count). The molecule has 5 unspecified atom stereocenters. The van der Waals surface area contributed by atoms with Gasteiger partial charge in [-0.2, -0.15) is 0 Å². The molecule has 1 spiro atoms. The molecule has 0 aliphatic carbocycles. The minimum absolute atomic E-state index is 0.0585. The average molecular weight is 431 g/mol. The second kappa shape index (κ2) is 7.10. The first kappa shape index (κ1) is 20.1. The molecule has 0 saturated carbocycles. The summed E-state index contributed by atoms with van der Waals surface area (Å²) in [6, 6.07) is 3.10. The van der Waals surface area contributed by atoms with Crippen LogP contribution in [-0.2, 0) is 29.5 Å². The van der Waals surface area contributed by atoms with E-state index in [2.05, 4.69) is 10.6 Å². The molecule has 0 aromatic heterocycles. The van der Waals surface area contributed by atoms with E-state index in [-0.39, 0.29) is 31.1 Å². The highest BCUT2D eigenvalue weighted by atomic mass is 19.1.